The zero-order valence-corrected chi connectivity index (χ0v) is 10.3. The number of anilines is 1. The molecule has 0 bridgehead atoms. The molecule has 0 fully saturated rings. The van der Waals surface area contributed by atoms with Crippen molar-refractivity contribution >= 4 is 16.5 Å². The number of hydrogen-bond acceptors (Lipinski definition) is 3. The van der Waals surface area contributed by atoms with Gasteiger partial charge in [-0.3, -0.25) is 0 Å². The van der Waals surface area contributed by atoms with Crippen molar-refractivity contribution in [2.24, 2.45) is 0 Å². The highest BCUT2D eigenvalue weighted by molar-refractivity contribution is 7.15. The highest BCUT2D eigenvalue weighted by atomic mass is 32.1. The molecular formula is C12H11F3N2S. The lowest BCUT2D eigenvalue weighted by molar-refractivity contribution is -0.134. The van der Waals surface area contributed by atoms with Crippen molar-refractivity contribution in [3.8, 4) is 0 Å². The van der Waals surface area contributed by atoms with E-state index in [0.717, 1.165) is 11.8 Å². The van der Waals surface area contributed by atoms with Gasteiger partial charge >= 0.3 is 6.18 Å². The van der Waals surface area contributed by atoms with Crippen LogP contribution >= 0.6 is 11.3 Å². The summed E-state index contributed by atoms with van der Waals surface area (Å²) in [5.74, 6) is 0. The van der Waals surface area contributed by atoms with E-state index in [4.69, 9.17) is 0 Å². The molecule has 1 N–H and O–H groups in total. The summed E-state index contributed by atoms with van der Waals surface area (Å²) in [5, 5.41) is 3.23. The summed E-state index contributed by atoms with van der Waals surface area (Å²) in [5.41, 5.74) is 1.00. The maximum absolute atomic E-state index is 12.4. The fourth-order valence-corrected chi connectivity index (χ4v) is 2.25. The fraction of sp³-hybridized carbons (Fsp3) is 0.250. The zero-order valence-electron chi connectivity index (χ0n) is 9.53. The Labute approximate surface area is 106 Å². The molecule has 0 saturated carbocycles. The fourth-order valence-electron chi connectivity index (χ4n) is 1.48. The van der Waals surface area contributed by atoms with Crippen molar-refractivity contribution in [2.45, 2.75) is 19.1 Å². The summed E-state index contributed by atoms with van der Waals surface area (Å²) in [7, 11) is 0. The number of halogens is 3. The molecule has 96 valence electrons. The predicted octanol–water partition coefficient (Wildman–Crippen LogP) is 4.34. The molecule has 0 aliphatic carbocycles. The Bertz CT molecular complexity index is 508. The van der Waals surface area contributed by atoms with Crippen LogP contribution in [0.15, 0.2) is 36.5 Å². The van der Waals surface area contributed by atoms with Gasteiger partial charge in [0.25, 0.3) is 0 Å². The molecule has 2 nitrogen and oxygen atoms in total. The molecule has 0 unspecified atom stereocenters. The van der Waals surface area contributed by atoms with Crippen molar-refractivity contribution in [2.75, 3.05) is 5.32 Å². The maximum Gasteiger partial charge on any atom is 0.427 e. The van der Waals surface area contributed by atoms with Crippen LogP contribution in [0.1, 0.15) is 23.4 Å². The van der Waals surface area contributed by atoms with Crippen LogP contribution in [0.2, 0.25) is 0 Å². The van der Waals surface area contributed by atoms with Crippen LogP contribution in [-0.2, 0) is 6.18 Å². The van der Waals surface area contributed by atoms with E-state index in [1.54, 1.807) is 0 Å². The first-order valence-corrected chi connectivity index (χ1v) is 6.13. The van der Waals surface area contributed by atoms with Gasteiger partial charge in [0.05, 0.1) is 12.2 Å². The van der Waals surface area contributed by atoms with Gasteiger partial charge in [-0.25, -0.2) is 4.98 Å². The number of hydrogen-bond donors (Lipinski definition) is 1. The van der Waals surface area contributed by atoms with Crippen LogP contribution in [0.4, 0.5) is 18.3 Å². The van der Waals surface area contributed by atoms with Crippen molar-refractivity contribution in [1.82, 2.24) is 4.98 Å². The lowest BCUT2D eigenvalue weighted by Crippen LogP contribution is -2.05. The third kappa shape index (κ3) is 3.01. The molecule has 1 aromatic carbocycles. The van der Waals surface area contributed by atoms with E-state index in [1.807, 2.05) is 37.3 Å². The van der Waals surface area contributed by atoms with Gasteiger partial charge in [-0.15, -0.1) is 0 Å². The minimum absolute atomic E-state index is 0.0848. The van der Waals surface area contributed by atoms with Gasteiger partial charge < -0.3 is 5.32 Å². The number of nitrogens with zero attached hydrogens (tertiary/aromatic N) is 1. The minimum Gasteiger partial charge on any atom is -0.355 e. The van der Waals surface area contributed by atoms with Gasteiger partial charge in [0.2, 0.25) is 0 Å². The van der Waals surface area contributed by atoms with E-state index in [-0.39, 0.29) is 11.2 Å². The monoisotopic (exact) mass is 272 g/mol. The summed E-state index contributed by atoms with van der Waals surface area (Å²) in [6, 6.07) is 9.40. The summed E-state index contributed by atoms with van der Waals surface area (Å²) < 4.78 is 37.2. The van der Waals surface area contributed by atoms with E-state index in [2.05, 4.69) is 10.3 Å². The van der Waals surface area contributed by atoms with Gasteiger partial charge in [-0.1, -0.05) is 41.7 Å². The van der Waals surface area contributed by atoms with Gasteiger partial charge in [-0.2, -0.15) is 13.2 Å². The molecule has 0 amide bonds. The number of alkyl halides is 3. The molecule has 1 aromatic heterocycles. The van der Waals surface area contributed by atoms with Crippen LogP contribution < -0.4 is 5.32 Å². The van der Waals surface area contributed by atoms with Gasteiger partial charge in [-0.05, 0) is 12.5 Å². The second-order valence-corrected chi connectivity index (χ2v) is 4.83. The number of aromatic nitrogens is 1. The Balaban J connectivity index is 2.08. The molecule has 0 radical (unpaired) electrons. The summed E-state index contributed by atoms with van der Waals surface area (Å²) in [6.07, 6.45) is -3.47. The molecule has 2 rings (SSSR count). The third-order valence-corrected chi connectivity index (χ3v) is 3.40. The number of benzene rings is 1. The van der Waals surface area contributed by atoms with E-state index >= 15 is 0 Å². The SMILES string of the molecule is C[C@H](Nc1ncc(C(F)(F)F)s1)c1ccccc1. The molecule has 0 saturated heterocycles. The Kier molecular flexibility index (Phi) is 3.56. The Morgan fingerprint density at radius 1 is 1.22 bits per heavy atom. The zero-order chi connectivity index (χ0) is 13.2. The molecular weight excluding hydrogens is 261 g/mol. The van der Waals surface area contributed by atoms with E-state index < -0.39 is 11.1 Å². The second kappa shape index (κ2) is 4.97. The highest BCUT2D eigenvalue weighted by Crippen LogP contribution is 2.35. The highest BCUT2D eigenvalue weighted by Gasteiger charge is 2.33. The number of rotatable bonds is 3. The van der Waals surface area contributed by atoms with Crippen LogP contribution in [0, 0.1) is 0 Å². The van der Waals surface area contributed by atoms with Crippen molar-refractivity contribution < 1.29 is 13.2 Å². The largest absolute Gasteiger partial charge is 0.427 e. The van der Waals surface area contributed by atoms with Crippen LogP contribution in [-0.4, -0.2) is 4.98 Å². The Morgan fingerprint density at radius 3 is 2.44 bits per heavy atom. The van der Waals surface area contributed by atoms with Gasteiger partial charge in [0.15, 0.2) is 5.13 Å². The number of nitrogens with one attached hydrogen (secondary N) is 1. The Morgan fingerprint density at radius 2 is 1.89 bits per heavy atom. The van der Waals surface area contributed by atoms with E-state index in [0.29, 0.717) is 11.3 Å². The standard InChI is InChI=1S/C12H11F3N2S/c1-8(9-5-3-2-4-6-9)17-11-16-7-10(18-11)12(13,14)15/h2-8H,1H3,(H,16,17)/t8-/m0/s1. The second-order valence-electron chi connectivity index (χ2n) is 3.80. The summed E-state index contributed by atoms with van der Waals surface area (Å²) >= 11 is 0.616. The van der Waals surface area contributed by atoms with Crippen LogP contribution in [0.5, 0.6) is 0 Å². The topological polar surface area (TPSA) is 24.9 Å². The first-order chi connectivity index (χ1) is 8.47. The average molecular weight is 272 g/mol. The van der Waals surface area contributed by atoms with Crippen LogP contribution in [0.3, 0.4) is 0 Å². The van der Waals surface area contributed by atoms with Crippen molar-refractivity contribution in [1.29, 1.82) is 0 Å². The minimum atomic E-state index is -4.33. The Hall–Kier alpha value is -1.56. The van der Waals surface area contributed by atoms with Crippen molar-refractivity contribution in [3.05, 3.63) is 47.0 Å². The molecule has 0 spiro atoms. The van der Waals surface area contributed by atoms with Crippen LogP contribution in [0.25, 0.3) is 0 Å². The average Bonchev–Trinajstić information content (AvgIpc) is 2.78. The maximum atomic E-state index is 12.4. The lowest BCUT2D eigenvalue weighted by Gasteiger charge is -2.12. The van der Waals surface area contributed by atoms with Crippen molar-refractivity contribution in [3.63, 3.8) is 0 Å². The summed E-state index contributed by atoms with van der Waals surface area (Å²) in [4.78, 5) is 3.05. The molecule has 18 heavy (non-hydrogen) atoms. The molecule has 1 atom stereocenters. The third-order valence-electron chi connectivity index (χ3n) is 2.42. The number of thiazole rings is 1. The van der Waals surface area contributed by atoms with Gasteiger partial charge in [0, 0.05) is 0 Å². The van der Waals surface area contributed by atoms with E-state index in [9.17, 15) is 13.2 Å². The predicted molar refractivity (Wildman–Crippen MR) is 65.6 cm³/mol. The molecule has 0 aliphatic rings. The molecule has 2 aromatic rings. The quantitative estimate of drug-likeness (QED) is 0.899. The smallest absolute Gasteiger partial charge is 0.355 e. The van der Waals surface area contributed by atoms with E-state index in [1.165, 1.54) is 0 Å². The first-order valence-electron chi connectivity index (χ1n) is 5.31. The molecule has 6 heteroatoms. The first kappa shape index (κ1) is 12.9. The lowest BCUT2D eigenvalue weighted by atomic mass is 10.1. The molecule has 1 heterocycles. The summed E-state index contributed by atoms with van der Waals surface area (Å²) in [6.45, 7) is 1.88. The molecule has 0 aliphatic heterocycles. The van der Waals surface area contributed by atoms with Gasteiger partial charge in [0.1, 0.15) is 4.88 Å². The normalized spacial score (nSPS) is 13.3.